The maximum atomic E-state index is 5.85. The predicted molar refractivity (Wildman–Crippen MR) is 89.6 cm³/mol. The first-order valence-corrected chi connectivity index (χ1v) is 6.95. The summed E-state index contributed by atoms with van der Waals surface area (Å²) >= 11 is 0. The van der Waals surface area contributed by atoms with Crippen LogP contribution in [0.4, 0.5) is 0 Å². The molecule has 0 aliphatic heterocycles. The number of nitrogens with two attached hydrogens (primary N) is 1. The molecule has 0 aromatic heterocycles. The van der Waals surface area contributed by atoms with E-state index in [0.717, 1.165) is 32.1 Å². The van der Waals surface area contributed by atoms with E-state index in [1.165, 1.54) is 19.3 Å². The Labute approximate surface area is 129 Å². The van der Waals surface area contributed by atoms with Crippen molar-refractivity contribution in [3.8, 4) is 0 Å². The van der Waals surface area contributed by atoms with Crippen LogP contribution >= 0.6 is 24.0 Å². The SMILES string of the molecule is CCN(CC)C(C)CN=C(N)NCC1CCC1.I. The zero-order valence-electron chi connectivity index (χ0n) is 12.0. The topological polar surface area (TPSA) is 53.6 Å². The summed E-state index contributed by atoms with van der Waals surface area (Å²) in [5.74, 6) is 1.43. The van der Waals surface area contributed by atoms with Crippen molar-refractivity contribution in [3.05, 3.63) is 0 Å². The fourth-order valence-electron chi connectivity index (χ4n) is 2.19. The van der Waals surface area contributed by atoms with E-state index < -0.39 is 0 Å². The van der Waals surface area contributed by atoms with Gasteiger partial charge in [-0.3, -0.25) is 9.89 Å². The molecular weight excluding hydrogens is 339 g/mol. The molecule has 1 fully saturated rings. The summed E-state index contributed by atoms with van der Waals surface area (Å²) in [7, 11) is 0. The number of likely N-dealkylation sites (N-methyl/N-ethyl adjacent to an activating group) is 1. The molecule has 0 radical (unpaired) electrons. The highest BCUT2D eigenvalue weighted by molar-refractivity contribution is 14.0. The molecule has 3 N–H and O–H groups in total. The smallest absolute Gasteiger partial charge is 0.188 e. The number of aliphatic imine (C=N–C) groups is 1. The van der Waals surface area contributed by atoms with Crippen LogP contribution in [0.2, 0.25) is 0 Å². The number of nitrogens with one attached hydrogen (secondary N) is 1. The Bertz CT molecular complexity index is 237. The zero-order chi connectivity index (χ0) is 12.7. The van der Waals surface area contributed by atoms with Crippen LogP contribution in [0.3, 0.4) is 0 Å². The number of hydrogen-bond acceptors (Lipinski definition) is 2. The van der Waals surface area contributed by atoms with Crippen molar-refractivity contribution >= 4 is 29.9 Å². The van der Waals surface area contributed by atoms with Gasteiger partial charge in [0, 0.05) is 12.6 Å². The summed E-state index contributed by atoms with van der Waals surface area (Å²) < 4.78 is 0. The van der Waals surface area contributed by atoms with Crippen LogP contribution in [0, 0.1) is 5.92 Å². The quantitative estimate of drug-likeness (QED) is 0.411. The maximum absolute atomic E-state index is 5.85. The Morgan fingerprint density at radius 1 is 1.39 bits per heavy atom. The third-order valence-corrected chi connectivity index (χ3v) is 3.76. The Morgan fingerprint density at radius 2 is 2.00 bits per heavy atom. The van der Waals surface area contributed by atoms with E-state index in [2.05, 4.69) is 36.0 Å². The molecule has 0 aromatic rings. The van der Waals surface area contributed by atoms with Gasteiger partial charge >= 0.3 is 0 Å². The van der Waals surface area contributed by atoms with Crippen molar-refractivity contribution in [2.75, 3.05) is 26.2 Å². The molecule has 1 unspecified atom stereocenters. The summed E-state index contributed by atoms with van der Waals surface area (Å²) in [6, 6.07) is 0.467. The van der Waals surface area contributed by atoms with Gasteiger partial charge in [0.05, 0.1) is 6.54 Å². The van der Waals surface area contributed by atoms with E-state index in [-0.39, 0.29) is 24.0 Å². The van der Waals surface area contributed by atoms with E-state index >= 15 is 0 Å². The van der Waals surface area contributed by atoms with E-state index in [1.807, 2.05) is 0 Å². The molecule has 0 spiro atoms. The van der Waals surface area contributed by atoms with E-state index in [9.17, 15) is 0 Å². The Hall–Kier alpha value is -0.0400. The Kier molecular flexibility index (Phi) is 9.81. The molecule has 18 heavy (non-hydrogen) atoms. The second-order valence-corrected chi connectivity index (χ2v) is 4.97. The van der Waals surface area contributed by atoms with Crippen LogP contribution < -0.4 is 11.1 Å². The standard InChI is InChI=1S/C13H28N4.HI/c1-4-17(5-2)11(3)9-15-13(14)16-10-12-7-6-8-12;/h11-12H,4-10H2,1-3H3,(H3,14,15,16);1H. The maximum Gasteiger partial charge on any atom is 0.188 e. The summed E-state index contributed by atoms with van der Waals surface area (Å²) in [6.07, 6.45) is 4.06. The van der Waals surface area contributed by atoms with Crippen LogP contribution in [-0.4, -0.2) is 43.1 Å². The minimum absolute atomic E-state index is 0. The number of guanidine groups is 1. The average molecular weight is 368 g/mol. The summed E-state index contributed by atoms with van der Waals surface area (Å²) in [5, 5.41) is 3.22. The summed E-state index contributed by atoms with van der Waals surface area (Å²) in [4.78, 5) is 6.80. The predicted octanol–water partition coefficient (Wildman–Crippen LogP) is 2.04. The van der Waals surface area contributed by atoms with E-state index in [1.54, 1.807) is 0 Å². The van der Waals surface area contributed by atoms with Crippen LogP contribution in [0.15, 0.2) is 4.99 Å². The number of hydrogen-bond donors (Lipinski definition) is 2. The molecule has 1 aliphatic rings. The minimum Gasteiger partial charge on any atom is -0.370 e. The summed E-state index contributed by atoms with van der Waals surface area (Å²) in [5.41, 5.74) is 5.85. The molecule has 1 rings (SSSR count). The van der Waals surface area contributed by atoms with Gasteiger partial charge in [0.25, 0.3) is 0 Å². The molecular formula is C13H29IN4. The molecule has 0 amide bonds. The second-order valence-electron chi connectivity index (χ2n) is 4.97. The van der Waals surface area contributed by atoms with Gasteiger partial charge in [-0.05, 0) is 38.8 Å². The van der Waals surface area contributed by atoms with Crippen molar-refractivity contribution in [3.63, 3.8) is 0 Å². The van der Waals surface area contributed by atoms with Crippen molar-refractivity contribution in [2.24, 2.45) is 16.6 Å². The number of nitrogens with zero attached hydrogens (tertiary/aromatic N) is 2. The third kappa shape index (κ3) is 6.22. The monoisotopic (exact) mass is 368 g/mol. The largest absolute Gasteiger partial charge is 0.370 e. The number of rotatable bonds is 7. The van der Waals surface area contributed by atoms with Crippen molar-refractivity contribution < 1.29 is 0 Å². The lowest BCUT2D eigenvalue weighted by Gasteiger charge is -2.26. The average Bonchev–Trinajstić information content (AvgIpc) is 2.26. The molecule has 4 nitrogen and oxygen atoms in total. The Morgan fingerprint density at radius 3 is 2.44 bits per heavy atom. The lowest BCUT2D eigenvalue weighted by molar-refractivity contribution is 0.237. The highest BCUT2D eigenvalue weighted by Crippen LogP contribution is 2.24. The van der Waals surface area contributed by atoms with Crippen LogP contribution in [0.25, 0.3) is 0 Å². The fourth-order valence-corrected chi connectivity index (χ4v) is 2.19. The normalized spacial score (nSPS) is 18.1. The minimum atomic E-state index is 0. The molecule has 108 valence electrons. The van der Waals surface area contributed by atoms with Gasteiger partial charge in [-0.25, -0.2) is 0 Å². The first-order valence-electron chi connectivity index (χ1n) is 6.95. The molecule has 0 heterocycles. The molecule has 5 heteroatoms. The molecule has 0 aromatic carbocycles. The molecule has 0 bridgehead atoms. The summed E-state index contributed by atoms with van der Waals surface area (Å²) in [6.45, 7) is 10.5. The lowest BCUT2D eigenvalue weighted by atomic mass is 9.85. The highest BCUT2D eigenvalue weighted by Gasteiger charge is 2.16. The van der Waals surface area contributed by atoms with Gasteiger partial charge in [0.15, 0.2) is 5.96 Å². The van der Waals surface area contributed by atoms with Gasteiger partial charge in [-0.2, -0.15) is 0 Å². The zero-order valence-corrected chi connectivity index (χ0v) is 14.3. The molecule has 1 aliphatic carbocycles. The van der Waals surface area contributed by atoms with Crippen molar-refractivity contribution in [1.29, 1.82) is 0 Å². The molecule has 1 saturated carbocycles. The van der Waals surface area contributed by atoms with E-state index in [4.69, 9.17) is 5.73 Å². The first-order chi connectivity index (χ1) is 8.17. The van der Waals surface area contributed by atoms with Crippen LogP contribution in [0.1, 0.15) is 40.0 Å². The molecule has 0 saturated heterocycles. The van der Waals surface area contributed by atoms with Crippen LogP contribution in [-0.2, 0) is 0 Å². The molecule has 1 atom stereocenters. The highest BCUT2D eigenvalue weighted by atomic mass is 127. The van der Waals surface area contributed by atoms with E-state index in [0.29, 0.717) is 12.0 Å². The van der Waals surface area contributed by atoms with Gasteiger partial charge in [0.1, 0.15) is 0 Å². The third-order valence-electron chi connectivity index (χ3n) is 3.76. The second kappa shape index (κ2) is 9.83. The fraction of sp³-hybridized carbons (Fsp3) is 0.923. The van der Waals surface area contributed by atoms with Crippen molar-refractivity contribution in [2.45, 2.75) is 46.1 Å². The lowest BCUT2D eigenvalue weighted by Crippen LogP contribution is -2.39. The van der Waals surface area contributed by atoms with Gasteiger partial charge < -0.3 is 11.1 Å². The van der Waals surface area contributed by atoms with Crippen molar-refractivity contribution in [1.82, 2.24) is 10.2 Å². The van der Waals surface area contributed by atoms with Gasteiger partial charge in [-0.1, -0.05) is 20.3 Å². The first kappa shape index (κ1) is 18.0. The number of halogens is 1. The Balaban J connectivity index is 0.00000289. The van der Waals surface area contributed by atoms with Crippen LogP contribution in [0.5, 0.6) is 0 Å². The van der Waals surface area contributed by atoms with Gasteiger partial charge in [0.2, 0.25) is 0 Å². The van der Waals surface area contributed by atoms with Gasteiger partial charge in [-0.15, -0.1) is 24.0 Å².